The van der Waals surface area contributed by atoms with E-state index < -0.39 is 0 Å². The maximum atomic E-state index is 11.0. The lowest BCUT2D eigenvalue weighted by atomic mass is 10.1. The lowest BCUT2D eigenvalue weighted by Gasteiger charge is -2.06. The molecule has 1 heterocycles. The summed E-state index contributed by atoms with van der Waals surface area (Å²) >= 11 is 0. The van der Waals surface area contributed by atoms with Gasteiger partial charge in [0.2, 0.25) is 0 Å². The summed E-state index contributed by atoms with van der Waals surface area (Å²) in [6.45, 7) is 0.816. The number of esters is 1. The van der Waals surface area contributed by atoms with Crippen molar-refractivity contribution >= 4 is 16.9 Å². The van der Waals surface area contributed by atoms with Gasteiger partial charge in [0, 0.05) is 30.1 Å². The molecule has 18 heavy (non-hydrogen) atoms. The first-order valence-corrected chi connectivity index (χ1v) is 6.00. The first-order valence-electron chi connectivity index (χ1n) is 6.00. The molecule has 0 atom stereocenters. The topological polar surface area (TPSA) is 51.5 Å². The number of carbonyl (C=O) groups excluding carboxylic acids is 1. The minimum Gasteiger partial charge on any atom is -0.469 e. The summed E-state index contributed by atoms with van der Waals surface area (Å²) in [4.78, 5) is 11.0. The standard InChI is InChI=1S/C14H17NO3/c1-18-14(17)6-3-8-15-9-7-12-11(10-16)4-2-5-13(12)15/h2,4-5,7,9,16H,3,6,8,10H2,1H3. The highest BCUT2D eigenvalue weighted by Gasteiger charge is 2.05. The van der Waals surface area contributed by atoms with E-state index in [1.807, 2.05) is 30.5 Å². The third-order valence-corrected chi connectivity index (χ3v) is 3.08. The fourth-order valence-corrected chi connectivity index (χ4v) is 2.12. The van der Waals surface area contributed by atoms with E-state index in [4.69, 9.17) is 0 Å². The molecule has 0 fully saturated rings. The number of hydrogen-bond donors (Lipinski definition) is 1. The average molecular weight is 247 g/mol. The molecule has 0 saturated heterocycles. The minimum atomic E-state index is -0.178. The number of benzene rings is 1. The van der Waals surface area contributed by atoms with Crippen LogP contribution >= 0.6 is 0 Å². The van der Waals surface area contributed by atoms with Crippen LogP contribution in [0.15, 0.2) is 30.5 Å². The molecule has 2 aromatic rings. The zero-order valence-corrected chi connectivity index (χ0v) is 10.4. The Kier molecular flexibility index (Phi) is 3.99. The van der Waals surface area contributed by atoms with E-state index in [1.165, 1.54) is 7.11 Å². The maximum Gasteiger partial charge on any atom is 0.305 e. The predicted molar refractivity (Wildman–Crippen MR) is 69.1 cm³/mol. The van der Waals surface area contributed by atoms with Crippen molar-refractivity contribution in [3.8, 4) is 0 Å². The molecule has 4 heteroatoms. The van der Waals surface area contributed by atoms with Gasteiger partial charge in [-0.1, -0.05) is 12.1 Å². The summed E-state index contributed by atoms with van der Waals surface area (Å²) in [5, 5.41) is 10.3. The van der Waals surface area contributed by atoms with Gasteiger partial charge >= 0.3 is 5.97 Å². The Morgan fingerprint density at radius 2 is 2.22 bits per heavy atom. The van der Waals surface area contributed by atoms with Crippen LogP contribution in [0.4, 0.5) is 0 Å². The van der Waals surface area contributed by atoms with Crippen LogP contribution in [0.1, 0.15) is 18.4 Å². The molecule has 1 aromatic carbocycles. The van der Waals surface area contributed by atoms with Crippen molar-refractivity contribution in [2.75, 3.05) is 7.11 Å². The first kappa shape index (κ1) is 12.6. The van der Waals surface area contributed by atoms with Crippen LogP contribution in [0.5, 0.6) is 0 Å². The van der Waals surface area contributed by atoms with Crippen molar-refractivity contribution in [3.05, 3.63) is 36.0 Å². The van der Waals surface area contributed by atoms with Crippen molar-refractivity contribution in [2.45, 2.75) is 26.0 Å². The zero-order valence-electron chi connectivity index (χ0n) is 10.4. The average Bonchev–Trinajstić information content (AvgIpc) is 2.82. The molecule has 1 N–H and O–H groups in total. The Morgan fingerprint density at radius 3 is 2.94 bits per heavy atom. The molecule has 0 bridgehead atoms. The zero-order chi connectivity index (χ0) is 13.0. The van der Waals surface area contributed by atoms with Crippen LogP contribution in [0.3, 0.4) is 0 Å². The van der Waals surface area contributed by atoms with E-state index in [1.54, 1.807) is 0 Å². The number of methoxy groups -OCH3 is 1. The molecule has 0 aliphatic heterocycles. The quantitative estimate of drug-likeness (QED) is 0.823. The second-order valence-corrected chi connectivity index (χ2v) is 4.20. The van der Waals surface area contributed by atoms with Crippen LogP contribution < -0.4 is 0 Å². The molecule has 0 aliphatic rings. The Labute approximate surface area is 106 Å². The number of aromatic nitrogens is 1. The van der Waals surface area contributed by atoms with Gasteiger partial charge in [-0.15, -0.1) is 0 Å². The molecule has 0 radical (unpaired) electrons. The molecule has 0 spiro atoms. The molecule has 0 unspecified atom stereocenters. The van der Waals surface area contributed by atoms with E-state index in [-0.39, 0.29) is 12.6 Å². The summed E-state index contributed by atoms with van der Waals surface area (Å²) in [5.41, 5.74) is 2.02. The number of ether oxygens (including phenoxy) is 1. The highest BCUT2D eigenvalue weighted by atomic mass is 16.5. The van der Waals surface area contributed by atoms with Crippen LogP contribution in [0.25, 0.3) is 10.9 Å². The largest absolute Gasteiger partial charge is 0.469 e. The van der Waals surface area contributed by atoms with Crippen LogP contribution in [-0.2, 0) is 22.7 Å². The van der Waals surface area contributed by atoms with Crippen molar-refractivity contribution in [1.29, 1.82) is 0 Å². The van der Waals surface area contributed by atoms with Crippen LogP contribution in [-0.4, -0.2) is 22.8 Å². The molecule has 1 aromatic heterocycles. The number of aliphatic hydroxyl groups is 1. The highest BCUT2D eigenvalue weighted by molar-refractivity contribution is 5.83. The molecule has 0 aliphatic carbocycles. The lowest BCUT2D eigenvalue weighted by Crippen LogP contribution is -2.03. The molecular weight excluding hydrogens is 230 g/mol. The fourth-order valence-electron chi connectivity index (χ4n) is 2.12. The van der Waals surface area contributed by atoms with Gasteiger partial charge < -0.3 is 14.4 Å². The minimum absolute atomic E-state index is 0.0452. The van der Waals surface area contributed by atoms with Gasteiger partial charge in [0.15, 0.2) is 0 Å². The summed E-state index contributed by atoms with van der Waals surface area (Å²) in [6, 6.07) is 7.87. The summed E-state index contributed by atoms with van der Waals surface area (Å²) in [7, 11) is 1.40. The number of aryl methyl sites for hydroxylation is 1. The molecule has 0 saturated carbocycles. The van der Waals surface area contributed by atoms with Crippen molar-refractivity contribution in [2.24, 2.45) is 0 Å². The van der Waals surface area contributed by atoms with E-state index in [0.717, 1.165) is 29.4 Å². The monoisotopic (exact) mass is 247 g/mol. The molecule has 2 rings (SSSR count). The van der Waals surface area contributed by atoms with Gasteiger partial charge in [-0.3, -0.25) is 4.79 Å². The Hall–Kier alpha value is -1.81. The van der Waals surface area contributed by atoms with Crippen LogP contribution in [0, 0.1) is 0 Å². The van der Waals surface area contributed by atoms with Crippen LogP contribution in [0.2, 0.25) is 0 Å². The normalized spacial score (nSPS) is 10.8. The Balaban J connectivity index is 2.12. The van der Waals surface area contributed by atoms with Gasteiger partial charge in [-0.05, 0) is 24.1 Å². The second kappa shape index (κ2) is 5.69. The van der Waals surface area contributed by atoms with Gasteiger partial charge in [0.05, 0.1) is 13.7 Å². The molecule has 96 valence electrons. The first-order chi connectivity index (χ1) is 8.76. The number of carbonyl (C=O) groups is 1. The summed E-state index contributed by atoms with van der Waals surface area (Å²) in [5.74, 6) is -0.178. The number of hydrogen-bond acceptors (Lipinski definition) is 3. The van der Waals surface area contributed by atoms with Crippen molar-refractivity contribution in [1.82, 2.24) is 4.57 Å². The Morgan fingerprint density at radius 1 is 1.39 bits per heavy atom. The third-order valence-electron chi connectivity index (χ3n) is 3.08. The number of fused-ring (bicyclic) bond motifs is 1. The second-order valence-electron chi connectivity index (χ2n) is 4.20. The highest BCUT2D eigenvalue weighted by Crippen LogP contribution is 2.20. The van der Waals surface area contributed by atoms with Gasteiger partial charge in [-0.25, -0.2) is 0 Å². The predicted octanol–water partition coefficient (Wildman–Crippen LogP) is 2.09. The smallest absolute Gasteiger partial charge is 0.305 e. The Bertz CT molecular complexity index is 545. The number of rotatable bonds is 5. The SMILES string of the molecule is COC(=O)CCCn1ccc2c(CO)cccc21. The molecule has 4 nitrogen and oxygen atoms in total. The van der Waals surface area contributed by atoms with E-state index in [0.29, 0.717) is 6.42 Å². The summed E-state index contributed by atoms with van der Waals surface area (Å²) in [6.07, 6.45) is 3.16. The molecular formula is C14H17NO3. The van der Waals surface area contributed by atoms with E-state index >= 15 is 0 Å². The van der Waals surface area contributed by atoms with E-state index in [2.05, 4.69) is 9.30 Å². The van der Waals surface area contributed by atoms with E-state index in [9.17, 15) is 9.90 Å². The van der Waals surface area contributed by atoms with Gasteiger partial charge in [0.25, 0.3) is 0 Å². The van der Waals surface area contributed by atoms with Crippen molar-refractivity contribution < 1.29 is 14.6 Å². The van der Waals surface area contributed by atoms with Gasteiger partial charge in [0.1, 0.15) is 0 Å². The maximum absolute atomic E-state index is 11.0. The third kappa shape index (κ3) is 2.54. The number of nitrogens with zero attached hydrogens (tertiary/aromatic N) is 1. The van der Waals surface area contributed by atoms with Gasteiger partial charge in [-0.2, -0.15) is 0 Å². The lowest BCUT2D eigenvalue weighted by molar-refractivity contribution is -0.140. The summed E-state index contributed by atoms with van der Waals surface area (Å²) < 4.78 is 6.71. The fraction of sp³-hybridized carbons (Fsp3) is 0.357. The van der Waals surface area contributed by atoms with Crippen molar-refractivity contribution in [3.63, 3.8) is 0 Å². The molecule has 0 amide bonds. The number of aliphatic hydroxyl groups excluding tert-OH is 1.